The van der Waals surface area contributed by atoms with Crippen LogP contribution in [0, 0.1) is 5.82 Å². The van der Waals surface area contributed by atoms with Crippen molar-refractivity contribution in [2.24, 2.45) is 7.05 Å². The lowest BCUT2D eigenvalue weighted by Gasteiger charge is -1.95. The number of aryl methyl sites for hydroxylation is 1. The average Bonchev–Trinajstić information content (AvgIpc) is 2.60. The van der Waals surface area contributed by atoms with Crippen LogP contribution < -0.4 is 5.32 Å². The van der Waals surface area contributed by atoms with E-state index in [-0.39, 0.29) is 5.82 Å². The molecule has 0 saturated heterocycles. The summed E-state index contributed by atoms with van der Waals surface area (Å²) in [7, 11) is 3.50. The zero-order valence-electron chi connectivity index (χ0n) is 8.53. The molecule has 1 N–H and O–H groups in total. The van der Waals surface area contributed by atoms with Gasteiger partial charge in [-0.15, -0.1) is 5.10 Å². The predicted octanol–water partition coefficient (Wildman–Crippen LogP) is 1.66. The Balaban J connectivity index is 2.50. The largest absolute Gasteiger partial charge is 0.357 e. The molecule has 0 bridgehead atoms. The Morgan fingerprint density at radius 2 is 2.07 bits per heavy atom. The maximum Gasteiger partial charge on any atom is 0.221 e. The second-order valence-corrected chi connectivity index (χ2v) is 3.11. The molecular weight excluding hydrogens is 195 g/mol. The highest BCUT2D eigenvalue weighted by Gasteiger charge is 2.11. The van der Waals surface area contributed by atoms with E-state index < -0.39 is 0 Å². The Kier molecular flexibility index (Phi) is 2.37. The summed E-state index contributed by atoms with van der Waals surface area (Å²) in [5.41, 5.74) is 0.412. The Morgan fingerprint density at radius 1 is 1.33 bits per heavy atom. The summed E-state index contributed by atoms with van der Waals surface area (Å²) in [6.45, 7) is 0. The Bertz CT molecular complexity index is 478. The van der Waals surface area contributed by atoms with E-state index in [9.17, 15) is 4.39 Å². The normalized spacial score (nSPS) is 10.3. The van der Waals surface area contributed by atoms with E-state index in [2.05, 4.69) is 15.4 Å². The van der Waals surface area contributed by atoms with Crippen molar-refractivity contribution in [2.45, 2.75) is 0 Å². The average molecular weight is 206 g/mol. The van der Waals surface area contributed by atoms with E-state index in [0.717, 1.165) is 0 Å². The van der Waals surface area contributed by atoms with Gasteiger partial charge in [0.2, 0.25) is 5.95 Å². The second kappa shape index (κ2) is 3.68. The van der Waals surface area contributed by atoms with Crippen LogP contribution in [0.2, 0.25) is 0 Å². The fraction of sp³-hybridized carbons (Fsp3) is 0.200. The number of anilines is 1. The van der Waals surface area contributed by atoms with E-state index in [1.807, 2.05) is 0 Å². The molecule has 0 amide bonds. The molecule has 0 saturated carbocycles. The Labute approximate surface area is 86.8 Å². The molecule has 0 spiro atoms. The fourth-order valence-electron chi connectivity index (χ4n) is 1.36. The van der Waals surface area contributed by atoms with Crippen LogP contribution in [0.25, 0.3) is 11.4 Å². The molecule has 0 unspecified atom stereocenters. The number of hydrogen-bond donors (Lipinski definition) is 1. The molecule has 0 atom stereocenters. The summed E-state index contributed by atoms with van der Waals surface area (Å²) in [5.74, 6) is 0.680. The zero-order valence-corrected chi connectivity index (χ0v) is 8.53. The molecule has 4 nitrogen and oxygen atoms in total. The Hall–Kier alpha value is -1.91. The molecule has 0 aliphatic heterocycles. The number of halogens is 1. The van der Waals surface area contributed by atoms with Gasteiger partial charge in [-0.2, -0.15) is 4.98 Å². The molecule has 1 aromatic heterocycles. The van der Waals surface area contributed by atoms with Crippen LogP contribution in [-0.2, 0) is 7.05 Å². The molecule has 1 aromatic carbocycles. The van der Waals surface area contributed by atoms with Gasteiger partial charge in [0.15, 0.2) is 5.82 Å². The van der Waals surface area contributed by atoms with Crippen molar-refractivity contribution < 1.29 is 4.39 Å². The lowest BCUT2D eigenvalue weighted by atomic mass is 10.2. The third-order valence-corrected chi connectivity index (χ3v) is 2.10. The van der Waals surface area contributed by atoms with Gasteiger partial charge in [-0.05, 0) is 12.1 Å². The van der Waals surface area contributed by atoms with Crippen LogP contribution in [0.5, 0.6) is 0 Å². The first-order valence-corrected chi connectivity index (χ1v) is 4.56. The first-order chi connectivity index (χ1) is 7.22. The first-order valence-electron chi connectivity index (χ1n) is 4.56. The highest BCUT2D eigenvalue weighted by atomic mass is 19.1. The van der Waals surface area contributed by atoms with E-state index in [0.29, 0.717) is 17.3 Å². The molecular formula is C10H11FN4. The maximum absolute atomic E-state index is 13.4. The van der Waals surface area contributed by atoms with Gasteiger partial charge in [-0.3, -0.25) is 0 Å². The summed E-state index contributed by atoms with van der Waals surface area (Å²) in [4.78, 5) is 4.16. The van der Waals surface area contributed by atoms with Crippen LogP contribution in [-0.4, -0.2) is 21.8 Å². The monoisotopic (exact) mass is 206 g/mol. The number of nitrogens with zero attached hydrogens (tertiary/aromatic N) is 3. The maximum atomic E-state index is 13.4. The standard InChI is InChI=1S/C10H11FN4/c1-12-10-13-9(14-15(10)2)7-5-3-4-6-8(7)11/h3-6H,1-2H3,(H,12,13,14). The van der Waals surface area contributed by atoms with Crippen molar-refractivity contribution in [1.82, 2.24) is 14.8 Å². The third-order valence-electron chi connectivity index (χ3n) is 2.10. The van der Waals surface area contributed by atoms with Crippen molar-refractivity contribution in [1.29, 1.82) is 0 Å². The minimum Gasteiger partial charge on any atom is -0.357 e. The lowest BCUT2D eigenvalue weighted by molar-refractivity contribution is 0.629. The molecule has 2 rings (SSSR count). The van der Waals surface area contributed by atoms with Crippen LogP contribution in [0.4, 0.5) is 10.3 Å². The molecule has 0 radical (unpaired) electrons. The van der Waals surface area contributed by atoms with Crippen LogP contribution >= 0.6 is 0 Å². The summed E-state index contributed by atoms with van der Waals surface area (Å²) in [5, 5.41) is 6.99. The zero-order chi connectivity index (χ0) is 10.8. The summed E-state index contributed by atoms with van der Waals surface area (Å²) >= 11 is 0. The highest BCUT2D eigenvalue weighted by molar-refractivity contribution is 5.56. The van der Waals surface area contributed by atoms with Crippen molar-refractivity contribution in [3.05, 3.63) is 30.1 Å². The number of nitrogens with one attached hydrogen (secondary N) is 1. The van der Waals surface area contributed by atoms with E-state index in [1.54, 1.807) is 37.0 Å². The van der Waals surface area contributed by atoms with E-state index >= 15 is 0 Å². The Morgan fingerprint density at radius 3 is 2.67 bits per heavy atom. The van der Waals surface area contributed by atoms with Gasteiger partial charge in [-0.25, -0.2) is 9.07 Å². The molecule has 15 heavy (non-hydrogen) atoms. The molecule has 1 heterocycles. The second-order valence-electron chi connectivity index (χ2n) is 3.11. The van der Waals surface area contributed by atoms with Crippen molar-refractivity contribution in [3.8, 4) is 11.4 Å². The van der Waals surface area contributed by atoms with Gasteiger partial charge in [-0.1, -0.05) is 12.1 Å². The molecule has 0 fully saturated rings. The molecule has 0 aliphatic rings. The van der Waals surface area contributed by atoms with Gasteiger partial charge < -0.3 is 5.32 Å². The van der Waals surface area contributed by atoms with Crippen molar-refractivity contribution in [2.75, 3.05) is 12.4 Å². The van der Waals surface area contributed by atoms with Crippen LogP contribution in [0.15, 0.2) is 24.3 Å². The molecule has 5 heteroatoms. The van der Waals surface area contributed by atoms with Gasteiger partial charge in [0, 0.05) is 14.1 Å². The minimum absolute atomic E-state index is 0.314. The number of aromatic nitrogens is 3. The van der Waals surface area contributed by atoms with Gasteiger partial charge in [0.25, 0.3) is 0 Å². The number of benzene rings is 1. The van der Waals surface area contributed by atoms with E-state index in [1.165, 1.54) is 6.07 Å². The first kappa shape index (κ1) is 9.64. The van der Waals surface area contributed by atoms with Crippen LogP contribution in [0.1, 0.15) is 0 Å². The third kappa shape index (κ3) is 1.68. The fourth-order valence-corrected chi connectivity index (χ4v) is 1.36. The number of rotatable bonds is 2. The SMILES string of the molecule is CNc1nc(-c2ccccc2F)nn1C. The quantitative estimate of drug-likeness (QED) is 0.812. The van der Waals surface area contributed by atoms with Crippen molar-refractivity contribution in [3.63, 3.8) is 0 Å². The number of hydrogen-bond acceptors (Lipinski definition) is 3. The molecule has 2 aromatic rings. The molecule has 78 valence electrons. The van der Waals surface area contributed by atoms with Gasteiger partial charge in [0.1, 0.15) is 5.82 Å². The van der Waals surface area contributed by atoms with Gasteiger partial charge >= 0.3 is 0 Å². The topological polar surface area (TPSA) is 42.7 Å². The summed E-state index contributed by atoms with van der Waals surface area (Å²) in [6.07, 6.45) is 0. The predicted molar refractivity (Wildman–Crippen MR) is 55.9 cm³/mol. The minimum atomic E-state index is -0.314. The lowest BCUT2D eigenvalue weighted by Crippen LogP contribution is -1.98. The van der Waals surface area contributed by atoms with E-state index in [4.69, 9.17) is 0 Å². The molecule has 0 aliphatic carbocycles. The van der Waals surface area contributed by atoms with Crippen LogP contribution in [0.3, 0.4) is 0 Å². The smallest absolute Gasteiger partial charge is 0.221 e. The highest BCUT2D eigenvalue weighted by Crippen LogP contribution is 2.19. The summed E-state index contributed by atoms with van der Waals surface area (Å²) in [6, 6.07) is 6.45. The van der Waals surface area contributed by atoms with Crippen molar-refractivity contribution >= 4 is 5.95 Å². The van der Waals surface area contributed by atoms with Gasteiger partial charge in [0.05, 0.1) is 5.56 Å². The summed E-state index contributed by atoms with van der Waals surface area (Å²) < 4.78 is 15.0.